The predicted molar refractivity (Wildman–Crippen MR) is 195 cm³/mol. The largest absolute Gasteiger partial charge is 0.394 e. The maximum atomic E-state index is 11.3. The van der Waals surface area contributed by atoms with E-state index in [4.69, 9.17) is 18.9 Å². The summed E-state index contributed by atoms with van der Waals surface area (Å²) in [5.74, 6) is 2.30. The van der Waals surface area contributed by atoms with Crippen LogP contribution < -0.4 is 0 Å². The Kier molecular flexibility index (Phi) is 10.0. The van der Waals surface area contributed by atoms with Crippen molar-refractivity contribution in [3.63, 3.8) is 0 Å². The minimum Gasteiger partial charge on any atom is -0.394 e. The maximum Gasteiger partial charge on any atom is 0.186 e. The molecule has 6 N–H and O–H groups in total. The molecule has 2 saturated heterocycles. The van der Waals surface area contributed by atoms with E-state index in [0.717, 1.165) is 19.3 Å². The standard InChI is InChI=1S/C42H70O10/c1-22(2)23-10-14-38(5)18-19-42(9)40(7)16-11-26-37(3,4)28(13-15-39(26,6)27(40)12-17-41(42,8)34(23)38)51-36-32(48)30(46)33(25(20-43)50-36)52-35-31(47)29(45)24(44)21-49-35/h23-36,43-48H,1,10-21H2,2-9H3. The third-order valence-corrected chi connectivity index (χ3v) is 18.0. The summed E-state index contributed by atoms with van der Waals surface area (Å²) in [5.41, 5.74) is 2.39. The molecule has 0 bridgehead atoms. The number of hydrogen-bond acceptors (Lipinski definition) is 10. The highest BCUT2D eigenvalue weighted by molar-refractivity contribution is 5.24. The van der Waals surface area contributed by atoms with Crippen molar-refractivity contribution in [3.05, 3.63) is 12.2 Å². The molecule has 0 amide bonds. The first-order valence-electron chi connectivity index (χ1n) is 20.4. The molecule has 0 spiro atoms. The van der Waals surface area contributed by atoms with Crippen LogP contribution in [0.1, 0.15) is 120 Å². The van der Waals surface area contributed by atoms with Gasteiger partial charge in [-0.2, -0.15) is 0 Å². The number of hydrogen-bond donors (Lipinski definition) is 6. The lowest BCUT2D eigenvalue weighted by Gasteiger charge is -2.76. The molecule has 0 aromatic heterocycles. The molecule has 5 aliphatic carbocycles. The third kappa shape index (κ3) is 5.46. The lowest BCUT2D eigenvalue weighted by Crippen LogP contribution is -2.70. The van der Waals surface area contributed by atoms with Crippen molar-refractivity contribution in [2.45, 2.75) is 181 Å². The third-order valence-electron chi connectivity index (χ3n) is 18.0. The first kappa shape index (κ1) is 39.6. The molecule has 10 nitrogen and oxygen atoms in total. The van der Waals surface area contributed by atoms with E-state index in [1.54, 1.807) is 0 Å². The zero-order valence-electron chi connectivity index (χ0n) is 33.1. The van der Waals surface area contributed by atoms with Crippen molar-refractivity contribution >= 4 is 0 Å². The number of aliphatic hydroxyl groups is 6. The van der Waals surface area contributed by atoms with Gasteiger partial charge in [0.25, 0.3) is 0 Å². The second kappa shape index (κ2) is 13.2. The SMILES string of the molecule is C=C(C)C1CCC2(C)CCC3(C)C(C)(CCC4C5(C)CCC(OC6OC(CO)C(OC7OCC(O)C(O)C7O)C(O)C6O)C(C)(C)C5CCC43C)C12. The maximum absolute atomic E-state index is 11.3. The van der Waals surface area contributed by atoms with E-state index in [-0.39, 0.29) is 39.8 Å². The van der Waals surface area contributed by atoms with Crippen LogP contribution in [-0.4, -0.2) is 105 Å². The van der Waals surface area contributed by atoms with Gasteiger partial charge in [0, 0.05) is 0 Å². The zero-order chi connectivity index (χ0) is 38.0. The summed E-state index contributed by atoms with van der Waals surface area (Å²) < 4.78 is 23.9. The smallest absolute Gasteiger partial charge is 0.186 e. The summed E-state index contributed by atoms with van der Waals surface area (Å²) >= 11 is 0. The first-order chi connectivity index (χ1) is 24.2. The van der Waals surface area contributed by atoms with Gasteiger partial charge in [0.05, 0.1) is 19.3 Å². The molecule has 7 fully saturated rings. The molecular formula is C42H70O10. The van der Waals surface area contributed by atoms with Gasteiger partial charge in [-0.15, -0.1) is 0 Å². The molecule has 7 rings (SSSR count). The molecule has 298 valence electrons. The van der Waals surface area contributed by atoms with Gasteiger partial charge in [0.15, 0.2) is 12.6 Å². The minimum atomic E-state index is -1.59. The van der Waals surface area contributed by atoms with E-state index in [2.05, 4.69) is 62.0 Å². The van der Waals surface area contributed by atoms with Crippen LogP contribution in [0, 0.1) is 56.2 Å². The lowest BCUT2D eigenvalue weighted by molar-refractivity contribution is -0.361. The highest BCUT2D eigenvalue weighted by Crippen LogP contribution is 2.81. The van der Waals surface area contributed by atoms with Crippen LogP contribution in [0.3, 0.4) is 0 Å². The van der Waals surface area contributed by atoms with E-state index in [1.165, 1.54) is 50.5 Å². The summed E-state index contributed by atoms with van der Waals surface area (Å²) in [5, 5.41) is 63.2. The van der Waals surface area contributed by atoms with E-state index in [1.807, 2.05) is 0 Å². The molecule has 19 atom stereocenters. The summed E-state index contributed by atoms with van der Waals surface area (Å²) in [7, 11) is 0. The molecule has 0 aromatic rings. The van der Waals surface area contributed by atoms with Gasteiger partial charge in [-0.25, -0.2) is 0 Å². The molecule has 5 saturated carbocycles. The Bertz CT molecular complexity index is 1360. The van der Waals surface area contributed by atoms with E-state index in [9.17, 15) is 30.6 Å². The minimum absolute atomic E-state index is 0.127. The number of allylic oxidation sites excluding steroid dienone is 1. The average Bonchev–Trinajstić information content (AvgIpc) is 3.45. The Labute approximate surface area is 311 Å². The second-order valence-corrected chi connectivity index (χ2v) is 20.5. The van der Waals surface area contributed by atoms with Crippen LogP contribution in [-0.2, 0) is 18.9 Å². The predicted octanol–water partition coefficient (Wildman–Crippen LogP) is 4.70. The Hall–Kier alpha value is -0.660. The van der Waals surface area contributed by atoms with E-state index < -0.39 is 61.9 Å². The molecule has 52 heavy (non-hydrogen) atoms. The normalized spacial score (nSPS) is 57.3. The highest BCUT2D eigenvalue weighted by Gasteiger charge is 2.74. The number of aliphatic hydroxyl groups excluding tert-OH is 6. The Morgan fingerprint density at radius 3 is 2.04 bits per heavy atom. The fraction of sp³-hybridized carbons (Fsp3) is 0.952. The van der Waals surface area contributed by atoms with Crippen molar-refractivity contribution in [2.75, 3.05) is 13.2 Å². The van der Waals surface area contributed by atoms with Gasteiger partial charge >= 0.3 is 0 Å². The van der Waals surface area contributed by atoms with Gasteiger partial charge in [-0.1, -0.05) is 60.6 Å². The van der Waals surface area contributed by atoms with Crippen LogP contribution >= 0.6 is 0 Å². The van der Waals surface area contributed by atoms with Crippen LogP contribution in [0.4, 0.5) is 0 Å². The monoisotopic (exact) mass is 734 g/mol. The molecule has 2 heterocycles. The van der Waals surface area contributed by atoms with Crippen molar-refractivity contribution < 1.29 is 49.6 Å². The summed E-state index contributed by atoms with van der Waals surface area (Å²) in [6.45, 7) is 23.8. The molecular weight excluding hydrogens is 664 g/mol. The average molecular weight is 735 g/mol. The molecule has 7 aliphatic rings. The molecule has 10 heteroatoms. The van der Waals surface area contributed by atoms with E-state index in [0.29, 0.717) is 29.1 Å². The van der Waals surface area contributed by atoms with Crippen LogP contribution in [0.5, 0.6) is 0 Å². The van der Waals surface area contributed by atoms with Gasteiger partial charge in [-0.05, 0) is 127 Å². The Morgan fingerprint density at radius 2 is 1.37 bits per heavy atom. The second-order valence-electron chi connectivity index (χ2n) is 20.5. The molecule has 2 aliphatic heterocycles. The molecule has 19 unspecified atom stereocenters. The van der Waals surface area contributed by atoms with Gasteiger partial charge in [0.2, 0.25) is 0 Å². The van der Waals surface area contributed by atoms with Crippen molar-refractivity contribution in [2.24, 2.45) is 56.2 Å². The van der Waals surface area contributed by atoms with Crippen molar-refractivity contribution in [1.82, 2.24) is 0 Å². The quantitative estimate of drug-likeness (QED) is 0.167. The molecule has 0 radical (unpaired) electrons. The summed E-state index contributed by atoms with van der Waals surface area (Å²) in [6, 6.07) is 0. The summed E-state index contributed by atoms with van der Waals surface area (Å²) in [6.07, 6.45) is -0.739. The number of fused-ring (bicyclic) bond motifs is 7. The fourth-order valence-electron chi connectivity index (χ4n) is 14.9. The van der Waals surface area contributed by atoms with Gasteiger partial charge in [-0.3, -0.25) is 0 Å². The van der Waals surface area contributed by atoms with Crippen LogP contribution in [0.25, 0.3) is 0 Å². The van der Waals surface area contributed by atoms with Gasteiger partial charge < -0.3 is 49.6 Å². The van der Waals surface area contributed by atoms with Gasteiger partial charge in [0.1, 0.15) is 42.7 Å². The number of rotatable bonds is 6. The van der Waals surface area contributed by atoms with E-state index >= 15 is 0 Å². The topological polar surface area (TPSA) is 158 Å². The Balaban J connectivity index is 1.08. The fourth-order valence-corrected chi connectivity index (χ4v) is 14.9. The van der Waals surface area contributed by atoms with Crippen molar-refractivity contribution in [1.29, 1.82) is 0 Å². The Morgan fingerprint density at radius 1 is 0.712 bits per heavy atom. The summed E-state index contributed by atoms with van der Waals surface area (Å²) in [4.78, 5) is 0. The van der Waals surface area contributed by atoms with Crippen LogP contribution in [0.15, 0.2) is 12.2 Å². The highest BCUT2D eigenvalue weighted by atomic mass is 16.7. The zero-order valence-corrected chi connectivity index (χ0v) is 33.1. The lowest BCUT2D eigenvalue weighted by atomic mass is 9.29. The number of ether oxygens (including phenoxy) is 4. The molecule has 0 aromatic carbocycles. The van der Waals surface area contributed by atoms with Crippen LogP contribution in [0.2, 0.25) is 0 Å². The van der Waals surface area contributed by atoms with Crippen molar-refractivity contribution in [3.8, 4) is 0 Å². The first-order valence-corrected chi connectivity index (χ1v) is 20.4.